The standard InChI is InChI=1S/C20H10N4/c1-11-15-5-13(9-21)19(23-3)7-17(15)12(2)18-8-20(24-4)14(10-22)6-16(11)18/h5-8H,1-2H3. The zero-order chi connectivity index (χ0) is 17.4. The lowest BCUT2D eigenvalue weighted by atomic mass is 9.90. The molecule has 0 aliphatic heterocycles. The van der Waals surface area contributed by atoms with Crippen molar-refractivity contribution in [3.63, 3.8) is 0 Å². The Morgan fingerprint density at radius 2 is 1.04 bits per heavy atom. The molecule has 4 nitrogen and oxygen atoms in total. The van der Waals surface area contributed by atoms with Gasteiger partial charge in [0.05, 0.1) is 36.4 Å². The van der Waals surface area contributed by atoms with Gasteiger partial charge in [-0.2, -0.15) is 10.5 Å². The van der Waals surface area contributed by atoms with Crippen LogP contribution in [0.5, 0.6) is 0 Å². The first-order valence-electron chi connectivity index (χ1n) is 7.15. The minimum Gasteiger partial charge on any atom is -0.237 e. The van der Waals surface area contributed by atoms with Gasteiger partial charge >= 0.3 is 0 Å². The summed E-state index contributed by atoms with van der Waals surface area (Å²) in [7, 11) is 0. The molecule has 0 bridgehead atoms. The molecule has 0 saturated carbocycles. The summed E-state index contributed by atoms with van der Waals surface area (Å²) in [6, 6.07) is 11.1. The van der Waals surface area contributed by atoms with E-state index < -0.39 is 0 Å². The van der Waals surface area contributed by atoms with E-state index in [1.165, 1.54) is 0 Å². The Morgan fingerprint density at radius 1 is 0.708 bits per heavy atom. The normalized spacial score (nSPS) is 9.92. The van der Waals surface area contributed by atoms with Gasteiger partial charge in [-0.25, -0.2) is 9.69 Å². The van der Waals surface area contributed by atoms with Gasteiger partial charge in [-0.15, -0.1) is 0 Å². The maximum Gasteiger partial charge on any atom is 0.205 e. The van der Waals surface area contributed by atoms with Gasteiger partial charge in [-0.1, -0.05) is 0 Å². The zero-order valence-electron chi connectivity index (χ0n) is 13.1. The molecule has 0 radical (unpaired) electrons. The van der Waals surface area contributed by atoms with Gasteiger partial charge in [-0.3, -0.25) is 0 Å². The average Bonchev–Trinajstić information content (AvgIpc) is 2.63. The molecule has 0 aliphatic carbocycles. The summed E-state index contributed by atoms with van der Waals surface area (Å²) in [5.74, 6) is 0. The van der Waals surface area contributed by atoms with Gasteiger partial charge in [0, 0.05) is 0 Å². The minimum atomic E-state index is 0.325. The molecular formula is C20H10N4. The van der Waals surface area contributed by atoms with Crippen LogP contribution in [0.25, 0.3) is 31.2 Å². The molecule has 3 aromatic rings. The van der Waals surface area contributed by atoms with Crippen molar-refractivity contribution >= 4 is 32.9 Å². The molecule has 4 heteroatoms. The smallest absolute Gasteiger partial charge is 0.205 e. The first-order valence-corrected chi connectivity index (χ1v) is 7.15. The molecule has 0 unspecified atom stereocenters. The molecule has 0 atom stereocenters. The molecule has 0 heterocycles. The number of benzene rings is 3. The number of nitriles is 2. The van der Waals surface area contributed by atoms with Crippen molar-refractivity contribution in [1.29, 1.82) is 10.5 Å². The lowest BCUT2D eigenvalue weighted by molar-refractivity contribution is 1.47. The fourth-order valence-corrected chi connectivity index (χ4v) is 3.07. The van der Waals surface area contributed by atoms with Gasteiger partial charge in [0.2, 0.25) is 11.4 Å². The maximum absolute atomic E-state index is 9.26. The Kier molecular flexibility index (Phi) is 3.39. The van der Waals surface area contributed by atoms with Crippen molar-refractivity contribution in [2.45, 2.75) is 13.8 Å². The molecule has 3 aromatic carbocycles. The Morgan fingerprint density at radius 3 is 1.33 bits per heavy atom. The second kappa shape index (κ2) is 5.40. The summed E-state index contributed by atoms with van der Waals surface area (Å²) in [5.41, 5.74) is 3.22. The van der Waals surface area contributed by atoms with Crippen LogP contribution in [-0.4, -0.2) is 0 Å². The van der Waals surface area contributed by atoms with E-state index in [9.17, 15) is 10.5 Å². The highest BCUT2D eigenvalue weighted by Crippen LogP contribution is 2.38. The first kappa shape index (κ1) is 15.1. The van der Waals surface area contributed by atoms with Crippen LogP contribution in [0, 0.1) is 49.7 Å². The molecule has 0 aliphatic rings. The topological polar surface area (TPSA) is 56.3 Å². The van der Waals surface area contributed by atoms with Crippen molar-refractivity contribution in [3.05, 3.63) is 69.4 Å². The number of hydrogen-bond acceptors (Lipinski definition) is 2. The third kappa shape index (κ3) is 1.96. The van der Waals surface area contributed by atoms with Gasteiger partial charge in [0.25, 0.3) is 0 Å². The van der Waals surface area contributed by atoms with E-state index in [2.05, 4.69) is 21.8 Å². The van der Waals surface area contributed by atoms with Gasteiger partial charge < -0.3 is 0 Å². The third-order valence-electron chi connectivity index (χ3n) is 4.37. The summed E-state index contributed by atoms with van der Waals surface area (Å²) in [5, 5.41) is 22.1. The largest absolute Gasteiger partial charge is 0.237 e. The van der Waals surface area contributed by atoms with Crippen molar-refractivity contribution in [2.75, 3.05) is 0 Å². The number of rotatable bonds is 0. The molecule has 0 saturated heterocycles. The van der Waals surface area contributed by atoms with Crippen molar-refractivity contribution in [2.24, 2.45) is 0 Å². The molecule has 0 fully saturated rings. The van der Waals surface area contributed by atoms with Crippen LogP contribution in [0.1, 0.15) is 22.3 Å². The predicted octanol–water partition coefficient (Wildman–Crippen LogP) is 5.45. The molecule has 0 spiro atoms. The van der Waals surface area contributed by atoms with E-state index >= 15 is 0 Å². The second-order valence-corrected chi connectivity index (χ2v) is 5.53. The first-order chi connectivity index (χ1) is 11.5. The number of fused-ring (bicyclic) bond motifs is 2. The highest BCUT2D eigenvalue weighted by Gasteiger charge is 2.14. The van der Waals surface area contributed by atoms with E-state index in [1.807, 2.05) is 13.8 Å². The summed E-state index contributed by atoms with van der Waals surface area (Å²) >= 11 is 0. The highest BCUT2D eigenvalue weighted by molar-refractivity contribution is 6.08. The highest BCUT2D eigenvalue weighted by atomic mass is 14.7. The Bertz CT molecular complexity index is 1020. The fraction of sp³-hybridized carbons (Fsp3) is 0.100. The van der Waals surface area contributed by atoms with Crippen LogP contribution in [0.2, 0.25) is 0 Å². The van der Waals surface area contributed by atoms with E-state index in [1.54, 1.807) is 24.3 Å². The van der Waals surface area contributed by atoms with E-state index in [0.29, 0.717) is 22.5 Å². The van der Waals surface area contributed by atoms with Gasteiger partial charge in [0.15, 0.2) is 0 Å². The van der Waals surface area contributed by atoms with Crippen LogP contribution in [0.3, 0.4) is 0 Å². The van der Waals surface area contributed by atoms with E-state index in [0.717, 1.165) is 32.7 Å². The monoisotopic (exact) mass is 306 g/mol. The summed E-state index contributed by atoms with van der Waals surface area (Å²) in [4.78, 5) is 6.88. The van der Waals surface area contributed by atoms with Crippen LogP contribution in [-0.2, 0) is 0 Å². The van der Waals surface area contributed by atoms with Crippen molar-refractivity contribution in [3.8, 4) is 12.1 Å². The molecule has 0 N–H and O–H groups in total. The Labute approximate surface area is 139 Å². The molecule has 110 valence electrons. The lowest BCUT2D eigenvalue weighted by Gasteiger charge is -2.14. The fourth-order valence-electron chi connectivity index (χ4n) is 3.07. The van der Waals surface area contributed by atoms with Crippen LogP contribution in [0.4, 0.5) is 11.4 Å². The summed E-state index contributed by atoms with van der Waals surface area (Å²) in [6.45, 7) is 18.4. The van der Waals surface area contributed by atoms with E-state index in [4.69, 9.17) is 13.1 Å². The summed E-state index contributed by atoms with van der Waals surface area (Å²) < 4.78 is 0. The number of hydrogen-bond donors (Lipinski definition) is 0. The van der Waals surface area contributed by atoms with Crippen LogP contribution < -0.4 is 0 Å². The van der Waals surface area contributed by atoms with Crippen molar-refractivity contribution < 1.29 is 0 Å². The maximum atomic E-state index is 9.26. The quantitative estimate of drug-likeness (QED) is 0.409. The zero-order valence-corrected chi connectivity index (χ0v) is 13.1. The van der Waals surface area contributed by atoms with Crippen molar-refractivity contribution in [1.82, 2.24) is 0 Å². The lowest BCUT2D eigenvalue weighted by Crippen LogP contribution is -1.91. The van der Waals surface area contributed by atoms with Crippen LogP contribution in [0.15, 0.2) is 24.3 Å². The summed E-state index contributed by atoms with van der Waals surface area (Å²) in [6.07, 6.45) is 0. The van der Waals surface area contributed by atoms with Crippen LogP contribution >= 0.6 is 0 Å². The molecule has 24 heavy (non-hydrogen) atoms. The Hall–Kier alpha value is -3.86. The number of nitrogens with zero attached hydrogens (tertiary/aromatic N) is 4. The molecule has 0 aromatic heterocycles. The van der Waals surface area contributed by atoms with Gasteiger partial charge in [-0.05, 0) is 70.8 Å². The molecule has 3 rings (SSSR count). The molecule has 0 amide bonds. The predicted molar refractivity (Wildman–Crippen MR) is 92.9 cm³/mol. The number of aryl methyl sites for hydroxylation is 2. The third-order valence-corrected chi connectivity index (χ3v) is 4.37. The SMILES string of the molecule is [C-]#[N+]c1cc2c(C)c3cc([N+]#[C-])c(C#N)cc3c(C)c2cc1C#N. The molecular weight excluding hydrogens is 296 g/mol. The average molecular weight is 306 g/mol. The second-order valence-electron chi connectivity index (χ2n) is 5.53. The van der Waals surface area contributed by atoms with Gasteiger partial charge in [0.1, 0.15) is 0 Å². The minimum absolute atomic E-state index is 0.325. The Balaban J connectivity index is 2.60. The van der Waals surface area contributed by atoms with E-state index in [-0.39, 0.29) is 0 Å².